The van der Waals surface area contributed by atoms with Gasteiger partial charge < -0.3 is 10.6 Å². The van der Waals surface area contributed by atoms with Crippen LogP contribution in [0, 0.1) is 6.92 Å². The number of sulfonamides is 1. The zero-order valence-corrected chi connectivity index (χ0v) is 15.9. The largest absolute Gasteiger partial charge is 0.417 e. The molecule has 0 saturated heterocycles. The molecule has 0 aliphatic heterocycles. The minimum Gasteiger partial charge on any atom is -0.368 e. The summed E-state index contributed by atoms with van der Waals surface area (Å²) in [5.41, 5.74) is -0.0351. The number of benzene rings is 1. The lowest BCUT2D eigenvalue weighted by Crippen LogP contribution is -2.29. The van der Waals surface area contributed by atoms with Crippen molar-refractivity contribution in [2.75, 3.05) is 25.5 Å². The topological polar surface area (TPSA) is 100 Å². The monoisotopic (exact) mass is 416 g/mol. The first-order chi connectivity index (χ1) is 13.0. The molecule has 0 radical (unpaired) electrons. The molecule has 152 valence electrons. The number of rotatable bonds is 7. The van der Waals surface area contributed by atoms with Crippen molar-refractivity contribution in [1.29, 1.82) is 0 Å². The van der Waals surface area contributed by atoms with E-state index in [1.165, 1.54) is 31.3 Å². The summed E-state index contributed by atoms with van der Waals surface area (Å²) in [5.74, 6) is -0.228. The van der Waals surface area contributed by atoms with E-state index in [9.17, 15) is 26.4 Å². The maximum Gasteiger partial charge on any atom is 0.417 e. The van der Waals surface area contributed by atoms with E-state index < -0.39 is 27.7 Å². The van der Waals surface area contributed by atoms with Gasteiger partial charge in [-0.15, -0.1) is 0 Å². The summed E-state index contributed by atoms with van der Waals surface area (Å²) in [6.45, 7) is 2.05. The van der Waals surface area contributed by atoms with Crippen LogP contribution in [0.5, 0.6) is 0 Å². The first kappa shape index (κ1) is 21.6. The molecule has 0 aliphatic rings. The van der Waals surface area contributed by atoms with E-state index in [4.69, 9.17) is 0 Å². The van der Waals surface area contributed by atoms with E-state index >= 15 is 0 Å². The lowest BCUT2D eigenvalue weighted by molar-refractivity contribution is -0.137. The van der Waals surface area contributed by atoms with Crippen molar-refractivity contribution in [3.05, 3.63) is 53.2 Å². The lowest BCUT2D eigenvalue weighted by Gasteiger charge is -2.11. The van der Waals surface area contributed by atoms with E-state index in [-0.39, 0.29) is 29.4 Å². The summed E-state index contributed by atoms with van der Waals surface area (Å²) in [4.78, 5) is 15.9. The molecule has 2 aromatic rings. The van der Waals surface area contributed by atoms with Gasteiger partial charge in [0.25, 0.3) is 5.91 Å². The molecule has 1 aromatic carbocycles. The summed E-state index contributed by atoms with van der Waals surface area (Å²) in [5, 5.41) is 5.41. The number of carbonyl (C=O) groups excluding carboxylic acids is 1. The normalized spacial score (nSPS) is 11.9. The second-order valence-corrected chi connectivity index (χ2v) is 7.68. The molecular weight excluding hydrogens is 397 g/mol. The molecule has 1 aromatic heterocycles. The van der Waals surface area contributed by atoms with E-state index in [1.807, 2.05) is 0 Å². The second-order valence-electron chi connectivity index (χ2n) is 5.80. The Morgan fingerprint density at radius 1 is 1.14 bits per heavy atom. The molecular formula is C17H19F3N4O3S. The van der Waals surface area contributed by atoms with Crippen molar-refractivity contribution in [1.82, 2.24) is 15.0 Å². The third-order valence-electron chi connectivity index (χ3n) is 3.84. The highest BCUT2D eigenvalue weighted by Gasteiger charge is 2.30. The Hall–Kier alpha value is -2.66. The molecule has 0 fully saturated rings. The van der Waals surface area contributed by atoms with Crippen LogP contribution in [0.2, 0.25) is 0 Å². The molecule has 1 heterocycles. The Morgan fingerprint density at radius 3 is 2.43 bits per heavy atom. The van der Waals surface area contributed by atoms with E-state index in [0.29, 0.717) is 5.56 Å². The number of aryl methyl sites for hydroxylation is 1. The van der Waals surface area contributed by atoms with Gasteiger partial charge in [-0.3, -0.25) is 4.79 Å². The van der Waals surface area contributed by atoms with Crippen LogP contribution in [0.1, 0.15) is 21.5 Å². The number of amides is 1. The van der Waals surface area contributed by atoms with E-state index in [2.05, 4.69) is 20.3 Å². The number of carbonyl (C=O) groups is 1. The van der Waals surface area contributed by atoms with Crippen LogP contribution in [0.15, 0.2) is 41.4 Å². The van der Waals surface area contributed by atoms with Crippen molar-refractivity contribution in [2.45, 2.75) is 18.0 Å². The molecule has 0 unspecified atom stereocenters. The number of aromatic nitrogens is 1. The van der Waals surface area contributed by atoms with Gasteiger partial charge in [-0.25, -0.2) is 18.1 Å². The Bertz CT molecular complexity index is 945. The highest BCUT2D eigenvalue weighted by Crippen LogP contribution is 2.28. The number of hydrogen-bond donors (Lipinski definition) is 3. The molecule has 0 saturated carbocycles. The van der Waals surface area contributed by atoms with Gasteiger partial charge >= 0.3 is 6.18 Å². The average Bonchev–Trinajstić information content (AvgIpc) is 2.65. The van der Waals surface area contributed by atoms with Crippen LogP contribution in [0.4, 0.5) is 19.0 Å². The first-order valence-electron chi connectivity index (χ1n) is 8.14. The number of pyridine rings is 1. The number of nitrogens with one attached hydrogen (secondary N) is 3. The van der Waals surface area contributed by atoms with Crippen molar-refractivity contribution in [3.63, 3.8) is 0 Å². The third-order valence-corrected chi connectivity index (χ3v) is 5.25. The Balaban J connectivity index is 1.93. The number of anilines is 1. The molecule has 3 N–H and O–H groups in total. The molecule has 1 amide bonds. The fourth-order valence-corrected chi connectivity index (χ4v) is 3.01. The van der Waals surface area contributed by atoms with E-state index in [1.54, 1.807) is 6.92 Å². The minimum atomic E-state index is -4.45. The molecule has 0 spiro atoms. The molecule has 11 heteroatoms. The van der Waals surface area contributed by atoms with Gasteiger partial charge in [0.2, 0.25) is 10.0 Å². The van der Waals surface area contributed by atoms with Gasteiger partial charge in [0.15, 0.2) is 0 Å². The molecule has 2 rings (SSSR count). The number of halogens is 3. The fraction of sp³-hybridized carbons (Fsp3) is 0.294. The van der Waals surface area contributed by atoms with Crippen LogP contribution >= 0.6 is 0 Å². The highest BCUT2D eigenvalue weighted by molar-refractivity contribution is 7.89. The average molecular weight is 416 g/mol. The minimum absolute atomic E-state index is 0.0298. The van der Waals surface area contributed by atoms with Crippen LogP contribution in [0.3, 0.4) is 0 Å². The van der Waals surface area contributed by atoms with Crippen LogP contribution < -0.4 is 15.4 Å². The van der Waals surface area contributed by atoms with Gasteiger partial charge in [-0.05, 0) is 43.8 Å². The smallest absolute Gasteiger partial charge is 0.368 e. The van der Waals surface area contributed by atoms with Gasteiger partial charge in [0, 0.05) is 24.8 Å². The van der Waals surface area contributed by atoms with Crippen molar-refractivity contribution in [2.24, 2.45) is 0 Å². The fourth-order valence-electron chi connectivity index (χ4n) is 2.26. The zero-order chi connectivity index (χ0) is 20.9. The molecule has 7 nitrogen and oxygen atoms in total. The van der Waals surface area contributed by atoms with E-state index in [0.717, 1.165) is 12.3 Å². The third kappa shape index (κ3) is 5.42. The molecule has 28 heavy (non-hydrogen) atoms. The number of alkyl halides is 3. The lowest BCUT2D eigenvalue weighted by atomic mass is 10.1. The second kappa shape index (κ2) is 8.57. The molecule has 0 atom stereocenters. The van der Waals surface area contributed by atoms with Crippen LogP contribution in [-0.4, -0.2) is 39.4 Å². The van der Waals surface area contributed by atoms with Crippen molar-refractivity contribution >= 4 is 21.7 Å². The standard InChI is InChI=1S/C17H19F3N4O3S/c1-11-3-5-13(28(26,27)21-2)9-14(11)16(25)23-8-7-22-15-6-4-12(10-24-15)17(18,19)20/h3-6,9-10,21H,7-8H2,1-2H3,(H,22,24)(H,23,25). The maximum atomic E-state index is 12.5. The number of hydrogen-bond acceptors (Lipinski definition) is 5. The Kier molecular flexibility index (Phi) is 6.62. The van der Waals surface area contributed by atoms with Crippen molar-refractivity contribution in [3.8, 4) is 0 Å². The van der Waals surface area contributed by atoms with Gasteiger partial charge in [0.05, 0.1) is 10.5 Å². The molecule has 0 bridgehead atoms. The Morgan fingerprint density at radius 2 is 1.86 bits per heavy atom. The van der Waals surface area contributed by atoms with Gasteiger partial charge in [-0.2, -0.15) is 13.2 Å². The van der Waals surface area contributed by atoms with Crippen LogP contribution in [-0.2, 0) is 16.2 Å². The summed E-state index contributed by atoms with van der Waals surface area (Å²) < 4.78 is 63.4. The maximum absolute atomic E-state index is 12.5. The van der Waals surface area contributed by atoms with Crippen LogP contribution in [0.25, 0.3) is 0 Å². The predicted octanol–water partition coefficient (Wildman–Crippen LogP) is 2.16. The molecule has 0 aliphatic carbocycles. The summed E-state index contributed by atoms with van der Waals surface area (Å²) >= 11 is 0. The van der Waals surface area contributed by atoms with Gasteiger partial charge in [-0.1, -0.05) is 6.07 Å². The van der Waals surface area contributed by atoms with Gasteiger partial charge in [0.1, 0.15) is 5.82 Å². The highest BCUT2D eigenvalue weighted by atomic mass is 32.2. The predicted molar refractivity (Wildman–Crippen MR) is 97.5 cm³/mol. The summed E-state index contributed by atoms with van der Waals surface area (Å²) in [6, 6.07) is 6.31. The SMILES string of the molecule is CNS(=O)(=O)c1ccc(C)c(C(=O)NCCNc2ccc(C(F)(F)F)cn2)c1. The Labute approximate surface area is 160 Å². The van der Waals surface area contributed by atoms with Crippen molar-refractivity contribution < 1.29 is 26.4 Å². The first-order valence-corrected chi connectivity index (χ1v) is 9.62. The summed E-state index contributed by atoms with van der Waals surface area (Å²) in [6.07, 6.45) is -3.73. The quantitative estimate of drug-likeness (QED) is 0.601. The number of nitrogens with zero attached hydrogens (tertiary/aromatic N) is 1. The zero-order valence-electron chi connectivity index (χ0n) is 15.1. The summed E-state index contributed by atoms with van der Waals surface area (Å²) in [7, 11) is -2.40.